The predicted molar refractivity (Wildman–Crippen MR) is 93.1 cm³/mol. The molecule has 0 spiro atoms. The van der Waals surface area contributed by atoms with Crippen molar-refractivity contribution in [1.82, 2.24) is 14.8 Å². The number of aromatic nitrogens is 3. The van der Waals surface area contributed by atoms with Crippen molar-refractivity contribution in [3.05, 3.63) is 54.3 Å². The van der Waals surface area contributed by atoms with Crippen molar-refractivity contribution in [3.63, 3.8) is 0 Å². The van der Waals surface area contributed by atoms with Gasteiger partial charge in [0.2, 0.25) is 0 Å². The largest absolute Gasteiger partial charge is 0.444 e. The van der Waals surface area contributed by atoms with E-state index in [2.05, 4.69) is 15.4 Å². The lowest BCUT2D eigenvalue weighted by molar-refractivity contribution is 0.102. The Morgan fingerprint density at radius 1 is 1.32 bits per heavy atom. The highest BCUT2D eigenvalue weighted by molar-refractivity contribution is 6.05. The summed E-state index contributed by atoms with van der Waals surface area (Å²) in [4.78, 5) is 16.6. The number of amides is 1. The number of hydrogen-bond donors (Lipinski definition) is 2. The molecule has 0 fully saturated rings. The third-order valence-corrected chi connectivity index (χ3v) is 4.58. The van der Waals surface area contributed by atoms with Crippen LogP contribution >= 0.6 is 0 Å². The van der Waals surface area contributed by atoms with Crippen LogP contribution in [0.25, 0.3) is 11.3 Å². The summed E-state index contributed by atoms with van der Waals surface area (Å²) in [5.74, 6) is 0.717. The number of aryl methyl sites for hydroxylation is 1. The van der Waals surface area contributed by atoms with Gasteiger partial charge in [-0.1, -0.05) is 0 Å². The average Bonchev–Trinajstić information content (AvgIpc) is 3.32. The van der Waals surface area contributed by atoms with E-state index in [4.69, 9.17) is 10.2 Å². The van der Waals surface area contributed by atoms with Crippen molar-refractivity contribution in [1.29, 1.82) is 0 Å². The van der Waals surface area contributed by atoms with Gasteiger partial charge in [-0.25, -0.2) is 4.98 Å². The maximum absolute atomic E-state index is 12.7. The first-order valence-electron chi connectivity index (χ1n) is 8.32. The van der Waals surface area contributed by atoms with Crippen LogP contribution < -0.4 is 11.1 Å². The standard InChI is InChI=1S/C18H19N5O2/c19-8-13-2-1-7-23-17(13)15(9-21-23)18(24)22-14-5-3-12(4-6-14)16-10-20-11-25-16/h3-6,9-11,13H,1-2,7-8,19H2,(H,22,24). The highest BCUT2D eigenvalue weighted by Gasteiger charge is 2.26. The molecule has 1 aliphatic rings. The molecule has 3 heterocycles. The summed E-state index contributed by atoms with van der Waals surface area (Å²) in [6, 6.07) is 7.44. The van der Waals surface area contributed by atoms with Crippen molar-refractivity contribution >= 4 is 11.6 Å². The number of anilines is 1. The number of benzene rings is 1. The molecule has 7 heteroatoms. The number of fused-ring (bicyclic) bond motifs is 1. The van der Waals surface area contributed by atoms with Crippen LogP contribution in [0.4, 0.5) is 5.69 Å². The van der Waals surface area contributed by atoms with Gasteiger partial charge in [0.15, 0.2) is 12.2 Å². The molecule has 0 saturated carbocycles. The molecule has 1 aromatic carbocycles. The summed E-state index contributed by atoms with van der Waals surface area (Å²) in [5, 5.41) is 7.28. The lowest BCUT2D eigenvalue weighted by Gasteiger charge is -2.23. The minimum Gasteiger partial charge on any atom is -0.444 e. The van der Waals surface area contributed by atoms with E-state index in [0.717, 1.165) is 30.6 Å². The van der Waals surface area contributed by atoms with Crippen LogP contribution in [0.15, 0.2) is 47.5 Å². The number of nitrogens with two attached hydrogens (primary N) is 1. The first-order valence-corrected chi connectivity index (χ1v) is 8.32. The van der Waals surface area contributed by atoms with Crippen LogP contribution in [-0.2, 0) is 6.54 Å². The van der Waals surface area contributed by atoms with Crippen molar-refractivity contribution in [2.75, 3.05) is 11.9 Å². The van der Waals surface area contributed by atoms with Gasteiger partial charge in [-0.2, -0.15) is 5.10 Å². The molecule has 0 saturated heterocycles. The van der Waals surface area contributed by atoms with Crippen LogP contribution in [0.1, 0.15) is 34.8 Å². The second kappa shape index (κ2) is 6.52. The molecule has 7 nitrogen and oxygen atoms in total. The van der Waals surface area contributed by atoms with E-state index in [1.54, 1.807) is 12.4 Å². The van der Waals surface area contributed by atoms with Crippen molar-refractivity contribution in [2.24, 2.45) is 5.73 Å². The summed E-state index contributed by atoms with van der Waals surface area (Å²) in [7, 11) is 0. The first kappa shape index (κ1) is 15.6. The fourth-order valence-corrected chi connectivity index (χ4v) is 3.31. The van der Waals surface area contributed by atoms with Crippen LogP contribution in [0.3, 0.4) is 0 Å². The maximum Gasteiger partial charge on any atom is 0.259 e. The van der Waals surface area contributed by atoms with Crippen LogP contribution in [0.5, 0.6) is 0 Å². The molecule has 128 valence electrons. The molecule has 0 bridgehead atoms. The summed E-state index contributed by atoms with van der Waals surface area (Å²) >= 11 is 0. The van der Waals surface area contributed by atoms with E-state index in [9.17, 15) is 4.79 Å². The number of nitrogens with one attached hydrogen (secondary N) is 1. The summed E-state index contributed by atoms with van der Waals surface area (Å²) < 4.78 is 7.17. The van der Waals surface area contributed by atoms with E-state index >= 15 is 0 Å². The third-order valence-electron chi connectivity index (χ3n) is 4.58. The van der Waals surface area contributed by atoms with Crippen LogP contribution in [-0.4, -0.2) is 27.2 Å². The molecule has 2 aromatic heterocycles. The number of carbonyl (C=O) groups excluding carboxylic acids is 1. The molecule has 1 atom stereocenters. The highest BCUT2D eigenvalue weighted by atomic mass is 16.3. The minimum atomic E-state index is -0.158. The zero-order chi connectivity index (χ0) is 17.2. The van der Waals surface area contributed by atoms with Gasteiger partial charge in [0.25, 0.3) is 5.91 Å². The SMILES string of the molecule is NCC1CCCn2ncc(C(=O)Nc3ccc(-c4cnco4)cc3)c21. The third kappa shape index (κ3) is 2.94. The lowest BCUT2D eigenvalue weighted by atomic mass is 9.93. The monoisotopic (exact) mass is 337 g/mol. The van der Waals surface area contributed by atoms with Gasteiger partial charge in [-0.15, -0.1) is 0 Å². The lowest BCUT2D eigenvalue weighted by Crippen LogP contribution is -2.25. The van der Waals surface area contributed by atoms with E-state index < -0.39 is 0 Å². The molecule has 0 aliphatic carbocycles. The van der Waals surface area contributed by atoms with Gasteiger partial charge in [0.05, 0.1) is 23.7 Å². The predicted octanol–water partition coefficient (Wildman–Crippen LogP) is 2.63. The quantitative estimate of drug-likeness (QED) is 0.762. The van der Waals surface area contributed by atoms with Gasteiger partial charge in [-0.3, -0.25) is 9.48 Å². The second-order valence-electron chi connectivity index (χ2n) is 6.14. The fourth-order valence-electron chi connectivity index (χ4n) is 3.31. The molecule has 0 radical (unpaired) electrons. The van der Waals surface area contributed by atoms with E-state index in [-0.39, 0.29) is 11.8 Å². The maximum atomic E-state index is 12.7. The normalized spacial score (nSPS) is 16.4. The number of nitrogens with zero attached hydrogens (tertiary/aromatic N) is 3. The molecule has 1 amide bonds. The van der Waals surface area contributed by atoms with Crippen LogP contribution in [0, 0.1) is 0 Å². The van der Waals surface area contributed by atoms with E-state index in [1.807, 2.05) is 28.9 Å². The Morgan fingerprint density at radius 2 is 2.16 bits per heavy atom. The Balaban J connectivity index is 1.54. The van der Waals surface area contributed by atoms with E-state index in [1.165, 1.54) is 6.39 Å². The van der Waals surface area contributed by atoms with Crippen LogP contribution in [0.2, 0.25) is 0 Å². The zero-order valence-corrected chi connectivity index (χ0v) is 13.7. The topological polar surface area (TPSA) is 99.0 Å². The minimum absolute atomic E-state index is 0.158. The second-order valence-corrected chi connectivity index (χ2v) is 6.14. The molecular weight excluding hydrogens is 318 g/mol. The van der Waals surface area contributed by atoms with Crippen molar-refractivity contribution < 1.29 is 9.21 Å². The zero-order valence-electron chi connectivity index (χ0n) is 13.7. The van der Waals surface area contributed by atoms with Crippen molar-refractivity contribution in [2.45, 2.75) is 25.3 Å². The number of oxazole rings is 1. The summed E-state index contributed by atoms with van der Waals surface area (Å²) in [6.07, 6.45) is 6.72. The Hall–Kier alpha value is -2.93. The Morgan fingerprint density at radius 3 is 2.88 bits per heavy atom. The highest BCUT2D eigenvalue weighted by Crippen LogP contribution is 2.29. The number of carbonyl (C=O) groups is 1. The average molecular weight is 337 g/mol. The first-order chi connectivity index (χ1) is 12.3. The molecule has 3 aromatic rings. The molecular formula is C18H19N5O2. The number of rotatable bonds is 4. The summed E-state index contributed by atoms with van der Waals surface area (Å²) in [5.41, 5.74) is 9.05. The molecule has 1 aliphatic heterocycles. The molecule has 25 heavy (non-hydrogen) atoms. The van der Waals surface area contributed by atoms with Gasteiger partial charge in [0.1, 0.15) is 0 Å². The number of hydrogen-bond acceptors (Lipinski definition) is 5. The van der Waals surface area contributed by atoms with Gasteiger partial charge < -0.3 is 15.5 Å². The fraction of sp³-hybridized carbons (Fsp3) is 0.278. The van der Waals surface area contributed by atoms with E-state index in [0.29, 0.717) is 23.6 Å². The van der Waals surface area contributed by atoms with Crippen molar-refractivity contribution in [3.8, 4) is 11.3 Å². The Bertz CT molecular complexity index is 868. The smallest absolute Gasteiger partial charge is 0.259 e. The Kier molecular flexibility index (Phi) is 4.07. The summed E-state index contributed by atoms with van der Waals surface area (Å²) in [6.45, 7) is 1.36. The molecule has 1 unspecified atom stereocenters. The van der Waals surface area contributed by atoms with Gasteiger partial charge >= 0.3 is 0 Å². The molecule has 4 rings (SSSR count). The van der Waals surface area contributed by atoms with Gasteiger partial charge in [-0.05, 0) is 37.1 Å². The Labute approximate surface area is 144 Å². The molecule has 3 N–H and O–H groups in total. The van der Waals surface area contributed by atoms with Gasteiger partial charge in [0, 0.05) is 30.3 Å².